The van der Waals surface area contributed by atoms with E-state index in [4.69, 9.17) is 10.5 Å². The number of nitrogen functional groups attached to an aromatic ring is 1. The zero-order valence-corrected chi connectivity index (χ0v) is 13.2. The van der Waals surface area contributed by atoms with Crippen molar-refractivity contribution in [2.24, 2.45) is 0 Å². The van der Waals surface area contributed by atoms with Crippen LogP contribution in [0.25, 0.3) is 6.08 Å². The number of ether oxygens (including phenoxy) is 1. The van der Waals surface area contributed by atoms with Crippen molar-refractivity contribution in [3.8, 4) is 5.75 Å². The lowest BCUT2D eigenvalue weighted by molar-refractivity contribution is -0.116. The van der Waals surface area contributed by atoms with Crippen molar-refractivity contribution in [3.05, 3.63) is 59.9 Å². The molecule has 120 valence electrons. The Hall–Kier alpha value is -2.82. The zero-order valence-electron chi connectivity index (χ0n) is 13.2. The van der Waals surface area contributed by atoms with E-state index in [0.29, 0.717) is 24.6 Å². The molecule has 2 rings (SSSR count). The third kappa shape index (κ3) is 5.47. The van der Waals surface area contributed by atoms with Crippen LogP contribution in [-0.4, -0.2) is 17.5 Å². The molecule has 1 amide bonds. The van der Waals surface area contributed by atoms with Crippen LogP contribution in [0.4, 0.5) is 5.69 Å². The number of aromatic nitrogens is 1. The number of nitrogens with one attached hydrogen (secondary N) is 1. The van der Waals surface area contributed by atoms with Crippen LogP contribution in [-0.2, 0) is 11.3 Å². The summed E-state index contributed by atoms with van der Waals surface area (Å²) in [7, 11) is 0. The number of hydrogen-bond acceptors (Lipinski definition) is 4. The molecule has 3 N–H and O–H groups in total. The Morgan fingerprint density at radius 3 is 2.96 bits per heavy atom. The van der Waals surface area contributed by atoms with Crippen LogP contribution in [0, 0.1) is 0 Å². The third-order valence-electron chi connectivity index (χ3n) is 3.11. The Morgan fingerprint density at radius 1 is 1.39 bits per heavy atom. The van der Waals surface area contributed by atoms with Crippen LogP contribution in [0.2, 0.25) is 0 Å². The molecular formula is C18H21N3O2. The van der Waals surface area contributed by atoms with Crippen molar-refractivity contribution in [1.82, 2.24) is 10.3 Å². The molecule has 0 spiro atoms. The number of anilines is 1. The van der Waals surface area contributed by atoms with E-state index in [-0.39, 0.29) is 5.91 Å². The van der Waals surface area contributed by atoms with Gasteiger partial charge in [-0.1, -0.05) is 19.1 Å². The molecule has 0 saturated heterocycles. The number of amides is 1. The summed E-state index contributed by atoms with van der Waals surface area (Å²) in [5.74, 6) is 0.503. The number of rotatable bonds is 7. The first kappa shape index (κ1) is 16.5. The number of nitrogens with zero attached hydrogens (tertiary/aromatic N) is 1. The van der Waals surface area contributed by atoms with Crippen LogP contribution < -0.4 is 15.8 Å². The third-order valence-corrected chi connectivity index (χ3v) is 3.11. The van der Waals surface area contributed by atoms with E-state index in [9.17, 15) is 4.79 Å². The number of pyridine rings is 1. The van der Waals surface area contributed by atoms with E-state index < -0.39 is 0 Å². The molecule has 1 aromatic carbocycles. The van der Waals surface area contributed by atoms with Crippen LogP contribution in [0.5, 0.6) is 5.75 Å². The van der Waals surface area contributed by atoms with E-state index in [1.54, 1.807) is 24.5 Å². The lowest BCUT2D eigenvalue weighted by atomic mass is 10.1. The molecule has 0 bridgehead atoms. The first-order valence-electron chi connectivity index (χ1n) is 7.56. The SMILES string of the molecule is CCCOc1ccc(/C=C\C(=O)NCc2cccnc2)cc1N. The molecule has 1 aromatic heterocycles. The van der Waals surface area contributed by atoms with Crippen molar-refractivity contribution < 1.29 is 9.53 Å². The van der Waals surface area contributed by atoms with Gasteiger partial charge in [0.2, 0.25) is 5.91 Å². The summed E-state index contributed by atoms with van der Waals surface area (Å²) >= 11 is 0. The van der Waals surface area contributed by atoms with Crippen molar-refractivity contribution in [2.75, 3.05) is 12.3 Å². The maximum atomic E-state index is 11.8. The minimum atomic E-state index is -0.168. The highest BCUT2D eigenvalue weighted by Gasteiger charge is 2.01. The molecule has 5 heteroatoms. The molecule has 1 heterocycles. The van der Waals surface area contributed by atoms with Gasteiger partial charge in [0, 0.05) is 25.0 Å². The Morgan fingerprint density at radius 2 is 2.26 bits per heavy atom. The molecule has 2 aromatic rings. The van der Waals surface area contributed by atoms with Crippen molar-refractivity contribution in [1.29, 1.82) is 0 Å². The first-order chi connectivity index (χ1) is 11.2. The van der Waals surface area contributed by atoms with Crippen molar-refractivity contribution in [3.63, 3.8) is 0 Å². The average molecular weight is 311 g/mol. The normalized spacial score (nSPS) is 10.7. The van der Waals surface area contributed by atoms with Gasteiger partial charge in [0.25, 0.3) is 0 Å². The molecule has 0 aliphatic heterocycles. The molecule has 0 fully saturated rings. The minimum Gasteiger partial charge on any atom is -0.491 e. The Bertz CT molecular complexity index is 669. The second-order valence-electron chi connectivity index (χ2n) is 5.06. The first-order valence-corrected chi connectivity index (χ1v) is 7.56. The van der Waals surface area contributed by atoms with Gasteiger partial charge in [-0.15, -0.1) is 0 Å². The highest BCUT2D eigenvalue weighted by Crippen LogP contribution is 2.23. The molecule has 0 saturated carbocycles. The fourth-order valence-electron chi connectivity index (χ4n) is 1.94. The van der Waals surface area contributed by atoms with Gasteiger partial charge in [0.15, 0.2) is 0 Å². The summed E-state index contributed by atoms with van der Waals surface area (Å²) in [5.41, 5.74) is 8.31. The number of hydrogen-bond donors (Lipinski definition) is 2. The zero-order chi connectivity index (χ0) is 16.5. The number of carbonyl (C=O) groups is 1. The molecule has 0 aliphatic carbocycles. The van der Waals surface area contributed by atoms with Crippen LogP contribution in [0.15, 0.2) is 48.8 Å². The Balaban J connectivity index is 1.89. The minimum absolute atomic E-state index is 0.168. The maximum absolute atomic E-state index is 11.8. The lowest BCUT2D eigenvalue weighted by Crippen LogP contribution is -2.20. The highest BCUT2D eigenvalue weighted by atomic mass is 16.5. The second-order valence-corrected chi connectivity index (χ2v) is 5.06. The van der Waals surface area contributed by atoms with E-state index in [2.05, 4.69) is 10.3 Å². The lowest BCUT2D eigenvalue weighted by Gasteiger charge is -2.08. The predicted octanol–water partition coefficient (Wildman–Crippen LogP) is 2.78. The van der Waals surface area contributed by atoms with E-state index >= 15 is 0 Å². The van der Waals surface area contributed by atoms with Crippen molar-refractivity contribution >= 4 is 17.7 Å². The molecule has 0 aliphatic rings. The molecule has 0 unspecified atom stereocenters. The van der Waals surface area contributed by atoms with Gasteiger partial charge in [-0.25, -0.2) is 0 Å². The van der Waals surface area contributed by atoms with Gasteiger partial charge in [0.1, 0.15) is 5.75 Å². The summed E-state index contributed by atoms with van der Waals surface area (Å²) in [4.78, 5) is 15.8. The van der Waals surface area contributed by atoms with Gasteiger partial charge in [-0.3, -0.25) is 9.78 Å². The largest absolute Gasteiger partial charge is 0.491 e. The maximum Gasteiger partial charge on any atom is 0.244 e. The molecule has 5 nitrogen and oxygen atoms in total. The summed E-state index contributed by atoms with van der Waals surface area (Å²) < 4.78 is 5.52. The molecule has 23 heavy (non-hydrogen) atoms. The van der Waals surface area contributed by atoms with Crippen LogP contribution in [0.3, 0.4) is 0 Å². The molecule has 0 atom stereocenters. The van der Waals surface area contributed by atoms with E-state index in [1.165, 1.54) is 6.08 Å². The van der Waals surface area contributed by atoms with E-state index in [1.807, 2.05) is 31.2 Å². The highest BCUT2D eigenvalue weighted by molar-refractivity contribution is 5.91. The summed E-state index contributed by atoms with van der Waals surface area (Å²) in [6.07, 6.45) is 7.55. The number of nitrogens with two attached hydrogens (primary N) is 1. The predicted molar refractivity (Wildman–Crippen MR) is 91.8 cm³/mol. The average Bonchev–Trinajstić information content (AvgIpc) is 2.58. The molecular weight excluding hydrogens is 290 g/mol. The van der Waals surface area contributed by atoms with Gasteiger partial charge in [-0.05, 0) is 41.8 Å². The fraction of sp³-hybridized carbons (Fsp3) is 0.222. The fourth-order valence-corrected chi connectivity index (χ4v) is 1.94. The summed E-state index contributed by atoms with van der Waals surface area (Å²) in [5, 5.41) is 2.80. The summed E-state index contributed by atoms with van der Waals surface area (Å²) in [6.45, 7) is 3.12. The number of benzene rings is 1. The monoisotopic (exact) mass is 311 g/mol. The second kappa shape index (κ2) is 8.58. The van der Waals surface area contributed by atoms with Gasteiger partial charge in [0.05, 0.1) is 12.3 Å². The smallest absolute Gasteiger partial charge is 0.244 e. The van der Waals surface area contributed by atoms with E-state index in [0.717, 1.165) is 17.5 Å². The summed E-state index contributed by atoms with van der Waals surface area (Å²) in [6, 6.07) is 9.22. The quantitative estimate of drug-likeness (QED) is 0.609. The number of carbonyl (C=O) groups excluding carboxylic acids is 1. The Kier molecular flexibility index (Phi) is 6.17. The van der Waals surface area contributed by atoms with Crippen LogP contribution in [0.1, 0.15) is 24.5 Å². The standard InChI is InChI=1S/C18H21N3O2/c1-2-10-23-17-7-5-14(11-16(17)19)6-8-18(22)21-13-15-4-3-9-20-12-15/h3-9,11-12H,2,10,13,19H2,1H3,(H,21,22)/b8-6-. The van der Waals surface area contributed by atoms with Gasteiger partial charge < -0.3 is 15.8 Å². The topological polar surface area (TPSA) is 77.2 Å². The molecule has 0 radical (unpaired) electrons. The van der Waals surface area contributed by atoms with Gasteiger partial charge in [-0.2, -0.15) is 0 Å². The van der Waals surface area contributed by atoms with Crippen LogP contribution >= 0.6 is 0 Å². The van der Waals surface area contributed by atoms with Gasteiger partial charge >= 0.3 is 0 Å². The van der Waals surface area contributed by atoms with Crippen molar-refractivity contribution in [2.45, 2.75) is 19.9 Å². The Labute approximate surface area is 136 Å².